The first kappa shape index (κ1) is 14.7. The van der Waals surface area contributed by atoms with Crippen molar-refractivity contribution in [2.75, 3.05) is 0 Å². The summed E-state index contributed by atoms with van der Waals surface area (Å²) < 4.78 is 26.7. The minimum Gasteiger partial charge on any atom is -0.357 e. The van der Waals surface area contributed by atoms with Crippen molar-refractivity contribution in [2.45, 2.75) is 51.5 Å². The van der Waals surface area contributed by atoms with Gasteiger partial charge in [0, 0.05) is 28.4 Å². The van der Waals surface area contributed by atoms with Crippen molar-refractivity contribution in [1.82, 2.24) is 10.3 Å². The highest BCUT2D eigenvalue weighted by Gasteiger charge is 2.58. The van der Waals surface area contributed by atoms with Crippen molar-refractivity contribution >= 4 is 16.8 Å². The Balaban J connectivity index is 1.55. The van der Waals surface area contributed by atoms with Crippen LogP contribution in [0.3, 0.4) is 0 Å². The number of aromatic amines is 1. The van der Waals surface area contributed by atoms with Crippen molar-refractivity contribution < 1.29 is 13.6 Å². The maximum Gasteiger partial charge on any atom is 0.255 e. The van der Waals surface area contributed by atoms with Crippen LogP contribution in [0.2, 0.25) is 0 Å². The van der Waals surface area contributed by atoms with Gasteiger partial charge < -0.3 is 10.3 Å². The average molecular weight is 318 g/mol. The van der Waals surface area contributed by atoms with Crippen molar-refractivity contribution in [1.29, 1.82) is 0 Å². The lowest BCUT2D eigenvalue weighted by Gasteiger charge is -2.08. The molecule has 2 aliphatic rings. The molecule has 2 saturated carbocycles. The van der Waals surface area contributed by atoms with Crippen LogP contribution in [-0.2, 0) is 11.3 Å². The Morgan fingerprint density at radius 1 is 1.35 bits per heavy atom. The molecule has 0 saturated heterocycles. The number of hydrogen-bond acceptors (Lipinski definition) is 1. The number of aromatic nitrogens is 1. The van der Waals surface area contributed by atoms with Gasteiger partial charge in [0.1, 0.15) is 0 Å². The average Bonchev–Trinajstić information content (AvgIpc) is 3.32. The van der Waals surface area contributed by atoms with Crippen molar-refractivity contribution in [3.63, 3.8) is 0 Å². The number of rotatable bonds is 4. The fraction of sp³-hybridized carbons (Fsp3) is 0.500. The normalized spacial score (nSPS) is 23.7. The van der Waals surface area contributed by atoms with E-state index < -0.39 is 11.8 Å². The van der Waals surface area contributed by atoms with Gasteiger partial charge in [0.15, 0.2) is 0 Å². The molecule has 5 heteroatoms. The number of carbonyl (C=O) groups excluding carboxylic acids is 1. The summed E-state index contributed by atoms with van der Waals surface area (Å²) in [5, 5.41) is 3.88. The molecule has 0 bridgehead atoms. The zero-order valence-corrected chi connectivity index (χ0v) is 13.3. The summed E-state index contributed by atoms with van der Waals surface area (Å²) in [6.07, 6.45) is 1.85. The summed E-state index contributed by atoms with van der Waals surface area (Å²) >= 11 is 0. The molecule has 23 heavy (non-hydrogen) atoms. The summed E-state index contributed by atoms with van der Waals surface area (Å²) in [5.41, 5.74) is 3.27. The van der Waals surface area contributed by atoms with Gasteiger partial charge in [0.2, 0.25) is 5.91 Å². The lowest BCUT2D eigenvalue weighted by molar-refractivity contribution is -0.125. The van der Waals surface area contributed by atoms with Gasteiger partial charge in [-0.15, -0.1) is 0 Å². The van der Waals surface area contributed by atoms with E-state index in [1.165, 1.54) is 0 Å². The summed E-state index contributed by atoms with van der Waals surface area (Å²) in [5.74, 6) is -3.10. The standard InChI is InChI=1S/C18H20F2N2O/c1-10-5-15-11(7-13(10)14-8-18(14,19)20)6-12(22-15)9-21-16(23)17(2)3-4-17/h5-7,14,22H,3-4,8-9H2,1-2H3,(H,21,23). The summed E-state index contributed by atoms with van der Waals surface area (Å²) in [7, 11) is 0. The van der Waals surface area contributed by atoms with Gasteiger partial charge in [-0.3, -0.25) is 4.79 Å². The van der Waals surface area contributed by atoms with Crippen LogP contribution < -0.4 is 5.32 Å². The van der Waals surface area contributed by atoms with E-state index in [0.717, 1.165) is 40.6 Å². The van der Waals surface area contributed by atoms with Crippen molar-refractivity contribution in [2.24, 2.45) is 5.41 Å². The van der Waals surface area contributed by atoms with Crippen LogP contribution in [0.15, 0.2) is 18.2 Å². The fourth-order valence-corrected chi connectivity index (χ4v) is 3.19. The number of benzene rings is 1. The second-order valence-corrected chi connectivity index (χ2v) is 7.35. The number of hydrogen-bond donors (Lipinski definition) is 2. The zero-order chi connectivity index (χ0) is 16.4. The highest BCUT2D eigenvalue weighted by atomic mass is 19.3. The minimum atomic E-state index is -2.55. The Morgan fingerprint density at radius 3 is 2.65 bits per heavy atom. The summed E-state index contributed by atoms with van der Waals surface area (Å²) in [6, 6.07) is 5.72. The largest absolute Gasteiger partial charge is 0.357 e. The van der Waals surface area contributed by atoms with Gasteiger partial charge in [-0.1, -0.05) is 6.92 Å². The molecule has 1 atom stereocenters. The number of H-pyrrole nitrogens is 1. The molecule has 2 fully saturated rings. The van der Waals surface area contributed by atoms with Gasteiger partial charge >= 0.3 is 0 Å². The van der Waals surface area contributed by atoms with E-state index in [0.29, 0.717) is 6.54 Å². The molecule has 122 valence electrons. The predicted octanol–water partition coefficient (Wildman–Crippen LogP) is 4.02. The zero-order valence-electron chi connectivity index (χ0n) is 13.3. The smallest absolute Gasteiger partial charge is 0.255 e. The highest BCUT2D eigenvalue weighted by molar-refractivity contribution is 5.85. The lowest BCUT2D eigenvalue weighted by Crippen LogP contribution is -2.29. The highest BCUT2D eigenvalue weighted by Crippen LogP contribution is 2.56. The van der Waals surface area contributed by atoms with Gasteiger partial charge in [-0.05, 0) is 49.1 Å². The summed E-state index contributed by atoms with van der Waals surface area (Å²) in [6.45, 7) is 4.29. The number of halogens is 2. The topological polar surface area (TPSA) is 44.9 Å². The fourth-order valence-electron chi connectivity index (χ4n) is 3.19. The first-order valence-corrected chi connectivity index (χ1v) is 8.07. The van der Waals surface area contributed by atoms with E-state index in [1.807, 2.05) is 32.0 Å². The van der Waals surface area contributed by atoms with Crippen LogP contribution >= 0.6 is 0 Å². The lowest BCUT2D eigenvalue weighted by atomic mass is 10.0. The van der Waals surface area contributed by atoms with Crippen molar-refractivity contribution in [3.05, 3.63) is 35.0 Å². The van der Waals surface area contributed by atoms with Gasteiger partial charge in [-0.2, -0.15) is 0 Å². The molecule has 1 aromatic heterocycles. The number of amides is 1. The molecule has 3 nitrogen and oxygen atoms in total. The number of fused-ring (bicyclic) bond motifs is 1. The van der Waals surface area contributed by atoms with Crippen molar-refractivity contribution in [3.8, 4) is 0 Å². The van der Waals surface area contributed by atoms with E-state index in [4.69, 9.17) is 0 Å². The molecule has 1 heterocycles. The molecule has 2 aliphatic carbocycles. The quantitative estimate of drug-likeness (QED) is 0.879. The SMILES string of the molecule is Cc1cc2[nH]c(CNC(=O)C3(C)CC3)cc2cc1C1CC1(F)F. The number of nitrogens with one attached hydrogen (secondary N) is 2. The third-order valence-corrected chi connectivity index (χ3v) is 5.25. The Hall–Kier alpha value is -1.91. The van der Waals surface area contributed by atoms with Crippen LogP contribution in [0, 0.1) is 12.3 Å². The molecule has 1 unspecified atom stereocenters. The monoisotopic (exact) mass is 318 g/mol. The number of alkyl halides is 2. The third kappa shape index (κ3) is 2.52. The number of aryl methyl sites for hydroxylation is 1. The molecular formula is C18H20F2N2O. The minimum absolute atomic E-state index is 0.0503. The maximum absolute atomic E-state index is 13.3. The van der Waals surface area contributed by atoms with Crippen LogP contribution in [0.1, 0.15) is 48.9 Å². The van der Waals surface area contributed by atoms with Gasteiger partial charge in [0.05, 0.1) is 12.5 Å². The Morgan fingerprint density at radius 2 is 2.04 bits per heavy atom. The first-order valence-electron chi connectivity index (χ1n) is 8.07. The molecule has 0 radical (unpaired) electrons. The van der Waals surface area contributed by atoms with E-state index >= 15 is 0 Å². The molecule has 1 amide bonds. The van der Waals surface area contributed by atoms with Gasteiger partial charge in [0.25, 0.3) is 5.92 Å². The van der Waals surface area contributed by atoms with E-state index in [2.05, 4.69) is 10.3 Å². The molecule has 2 N–H and O–H groups in total. The van der Waals surface area contributed by atoms with E-state index in [1.54, 1.807) is 0 Å². The Bertz CT molecular complexity index is 805. The number of carbonyl (C=O) groups is 1. The predicted molar refractivity (Wildman–Crippen MR) is 84.5 cm³/mol. The summed E-state index contributed by atoms with van der Waals surface area (Å²) in [4.78, 5) is 15.3. The van der Waals surface area contributed by atoms with E-state index in [9.17, 15) is 13.6 Å². The Kier molecular flexibility index (Phi) is 2.91. The second-order valence-electron chi connectivity index (χ2n) is 7.35. The van der Waals surface area contributed by atoms with E-state index in [-0.39, 0.29) is 17.7 Å². The first-order chi connectivity index (χ1) is 10.8. The molecule has 1 aromatic carbocycles. The molecular weight excluding hydrogens is 298 g/mol. The Labute approximate surface area is 133 Å². The molecule has 0 spiro atoms. The molecule has 4 rings (SSSR count). The van der Waals surface area contributed by atoms with Crippen LogP contribution in [0.25, 0.3) is 10.9 Å². The van der Waals surface area contributed by atoms with Crippen LogP contribution in [-0.4, -0.2) is 16.8 Å². The second kappa shape index (κ2) is 4.56. The molecule has 0 aliphatic heterocycles. The third-order valence-electron chi connectivity index (χ3n) is 5.25. The van der Waals surface area contributed by atoms with Crippen LogP contribution in [0.4, 0.5) is 8.78 Å². The van der Waals surface area contributed by atoms with Crippen LogP contribution in [0.5, 0.6) is 0 Å². The van der Waals surface area contributed by atoms with Gasteiger partial charge in [-0.25, -0.2) is 8.78 Å². The molecule has 2 aromatic rings. The maximum atomic E-state index is 13.3.